The summed E-state index contributed by atoms with van der Waals surface area (Å²) in [6, 6.07) is 3.17. The summed E-state index contributed by atoms with van der Waals surface area (Å²) in [4.78, 5) is 11.8. The Morgan fingerprint density at radius 1 is 1.26 bits per heavy atom. The zero-order valence-electron chi connectivity index (χ0n) is 9.82. The maximum absolute atomic E-state index is 13.5. The first-order valence-electron chi connectivity index (χ1n) is 5.37. The number of hydrogen-bond acceptors (Lipinski definition) is 5. The van der Waals surface area contributed by atoms with Crippen LogP contribution < -0.4 is 5.32 Å². The molecule has 0 aliphatic carbocycles. The number of nitrogens with one attached hydrogen (secondary N) is 1. The zero-order chi connectivity index (χ0) is 13.8. The summed E-state index contributed by atoms with van der Waals surface area (Å²) < 4.78 is 26.6. The van der Waals surface area contributed by atoms with Crippen molar-refractivity contribution in [3.63, 3.8) is 0 Å². The average molecular weight is 303 g/mol. The predicted octanol–water partition coefficient (Wildman–Crippen LogP) is 3.39. The average Bonchev–Trinajstić information content (AvgIpc) is 2.33. The lowest BCUT2D eigenvalue weighted by molar-refractivity contribution is 0.577. The fourth-order valence-electron chi connectivity index (χ4n) is 1.27. The van der Waals surface area contributed by atoms with Crippen molar-refractivity contribution in [2.24, 2.45) is 0 Å². The number of benzene rings is 1. The van der Waals surface area contributed by atoms with Crippen LogP contribution in [0.1, 0.15) is 6.92 Å². The van der Waals surface area contributed by atoms with E-state index >= 15 is 0 Å². The van der Waals surface area contributed by atoms with Gasteiger partial charge in [0.25, 0.3) is 0 Å². The normalized spacial score (nSPS) is 10.5. The van der Waals surface area contributed by atoms with E-state index in [-0.39, 0.29) is 15.3 Å². The van der Waals surface area contributed by atoms with E-state index in [0.717, 1.165) is 30.0 Å². The van der Waals surface area contributed by atoms with E-state index in [0.29, 0.717) is 12.5 Å². The summed E-state index contributed by atoms with van der Waals surface area (Å²) in [5, 5.41) is 3.06. The van der Waals surface area contributed by atoms with Gasteiger partial charge in [-0.15, -0.1) is 0 Å². The maximum atomic E-state index is 13.5. The Kier molecular flexibility index (Phi) is 4.49. The fraction of sp³-hybridized carbons (Fsp3) is 0.182. The molecule has 2 aromatic rings. The highest BCUT2D eigenvalue weighted by molar-refractivity contribution is 7.99. The summed E-state index contributed by atoms with van der Waals surface area (Å²) in [5.74, 6) is -0.786. The zero-order valence-corrected chi connectivity index (χ0v) is 11.4. The molecule has 100 valence electrons. The van der Waals surface area contributed by atoms with E-state index in [9.17, 15) is 8.78 Å². The van der Waals surface area contributed by atoms with Crippen LogP contribution in [0.4, 0.5) is 14.7 Å². The molecule has 1 aromatic heterocycles. The summed E-state index contributed by atoms with van der Waals surface area (Å²) in [7, 11) is 0. The van der Waals surface area contributed by atoms with E-state index in [1.54, 1.807) is 0 Å². The van der Waals surface area contributed by atoms with Crippen LogP contribution in [0.3, 0.4) is 0 Å². The quantitative estimate of drug-likeness (QED) is 0.938. The molecule has 1 aromatic carbocycles. The van der Waals surface area contributed by atoms with Crippen molar-refractivity contribution in [2.75, 3.05) is 11.9 Å². The second-order valence-electron chi connectivity index (χ2n) is 3.42. The van der Waals surface area contributed by atoms with Gasteiger partial charge in [-0.05, 0) is 48.5 Å². The first kappa shape index (κ1) is 14.0. The number of aromatic nitrogens is 3. The van der Waals surface area contributed by atoms with Gasteiger partial charge in [-0.2, -0.15) is 15.0 Å². The summed E-state index contributed by atoms with van der Waals surface area (Å²) in [6.45, 7) is 2.48. The lowest BCUT2D eigenvalue weighted by Crippen LogP contribution is -2.04. The molecule has 0 aliphatic heterocycles. The molecule has 1 heterocycles. The molecular weight excluding hydrogens is 294 g/mol. The van der Waals surface area contributed by atoms with Gasteiger partial charge in [-0.3, -0.25) is 0 Å². The fourth-order valence-corrected chi connectivity index (χ4v) is 2.28. The number of rotatable bonds is 4. The van der Waals surface area contributed by atoms with Gasteiger partial charge < -0.3 is 5.32 Å². The van der Waals surface area contributed by atoms with Gasteiger partial charge in [0.15, 0.2) is 5.16 Å². The Bertz CT molecular complexity index is 597. The van der Waals surface area contributed by atoms with Crippen molar-refractivity contribution in [3.8, 4) is 0 Å². The minimum absolute atomic E-state index is 0.00902. The Balaban J connectivity index is 2.29. The monoisotopic (exact) mass is 302 g/mol. The van der Waals surface area contributed by atoms with Crippen molar-refractivity contribution in [3.05, 3.63) is 35.1 Å². The predicted molar refractivity (Wildman–Crippen MR) is 69.5 cm³/mol. The summed E-state index contributed by atoms with van der Waals surface area (Å²) in [6.07, 6.45) is 0. The second kappa shape index (κ2) is 6.12. The van der Waals surface area contributed by atoms with Gasteiger partial charge in [-0.1, -0.05) is 0 Å². The highest BCUT2D eigenvalue weighted by atomic mass is 35.5. The molecule has 4 nitrogen and oxygen atoms in total. The van der Waals surface area contributed by atoms with Crippen molar-refractivity contribution in [1.82, 2.24) is 15.0 Å². The molecule has 2 rings (SSSR count). The van der Waals surface area contributed by atoms with Crippen LogP contribution >= 0.6 is 23.4 Å². The molecule has 0 saturated carbocycles. The Morgan fingerprint density at radius 3 is 2.79 bits per heavy atom. The van der Waals surface area contributed by atoms with Crippen LogP contribution in [0.5, 0.6) is 0 Å². The van der Waals surface area contributed by atoms with Crippen molar-refractivity contribution < 1.29 is 8.78 Å². The molecule has 19 heavy (non-hydrogen) atoms. The van der Waals surface area contributed by atoms with Crippen LogP contribution in [0, 0.1) is 11.6 Å². The highest BCUT2D eigenvalue weighted by Crippen LogP contribution is 2.28. The van der Waals surface area contributed by atoms with Gasteiger partial charge in [-0.25, -0.2) is 8.78 Å². The van der Waals surface area contributed by atoms with Crippen LogP contribution in [0.2, 0.25) is 5.28 Å². The molecule has 8 heteroatoms. The molecule has 0 radical (unpaired) electrons. The number of anilines is 1. The molecule has 0 atom stereocenters. The third kappa shape index (κ3) is 3.74. The van der Waals surface area contributed by atoms with Crippen LogP contribution in [0.25, 0.3) is 0 Å². The maximum Gasteiger partial charge on any atom is 0.228 e. The Morgan fingerprint density at radius 2 is 2.05 bits per heavy atom. The van der Waals surface area contributed by atoms with Gasteiger partial charge in [0, 0.05) is 6.54 Å². The molecule has 1 N–H and O–H groups in total. The van der Waals surface area contributed by atoms with Gasteiger partial charge in [0.05, 0.1) is 4.90 Å². The molecule has 0 fully saturated rings. The van der Waals surface area contributed by atoms with Gasteiger partial charge in [0.2, 0.25) is 11.2 Å². The summed E-state index contributed by atoms with van der Waals surface area (Å²) in [5.41, 5.74) is 0. The molecule has 0 bridgehead atoms. The minimum atomic E-state index is -0.548. The molecule has 0 spiro atoms. The first-order chi connectivity index (χ1) is 9.08. The molecule has 0 unspecified atom stereocenters. The van der Waals surface area contributed by atoms with Crippen molar-refractivity contribution >= 4 is 29.3 Å². The second-order valence-corrected chi connectivity index (χ2v) is 4.76. The van der Waals surface area contributed by atoms with Crippen molar-refractivity contribution in [1.29, 1.82) is 0 Å². The number of hydrogen-bond donors (Lipinski definition) is 1. The third-order valence-corrected chi connectivity index (χ3v) is 3.08. The van der Waals surface area contributed by atoms with E-state index in [1.807, 2.05) is 6.92 Å². The highest BCUT2D eigenvalue weighted by Gasteiger charge is 2.10. The summed E-state index contributed by atoms with van der Waals surface area (Å²) >= 11 is 6.62. The lowest BCUT2D eigenvalue weighted by Gasteiger charge is -2.05. The number of nitrogens with zero attached hydrogens (tertiary/aromatic N) is 3. The van der Waals surface area contributed by atoms with Crippen molar-refractivity contribution in [2.45, 2.75) is 17.0 Å². The number of halogens is 3. The van der Waals surface area contributed by atoms with Crippen LogP contribution in [-0.2, 0) is 0 Å². The topological polar surface area (TPSA) is 50.7 Å². The minimum Gasteiger partial charge on any atom is -0.354 e. The Labute approximate surface area is 117 Å². The van der Waals surface area contributed by atoms with E-state index in [4.69, 9.17) is 11.6 Å². The SMILES string of the molecule is CCNc1nc(Cl)nc(Sc2cc(F)ccc2F)n1. The standard InChI is InChI=1S/C11H9ClF2N4S/c1-2-15-10-16-9(12)17-11(18-10)19-8-5-6(13)3-4-7(8)14/h3-5H,2H2,1H3,(H,15,16,17,18). The molecule has 0 aliphatic rings. The van der Waals surface area contributed by atoms with Gasteiger partial charge >= 0.3 is 0 Å². The lowest BCUT2D eigenvalue weighted by atomic mass is 10.3. The smallest absolute Gasteiger partial charge is 0.228 e. The molecule has 0 amide bonds. The van der Waals surface area contributed by atoms with Crippen LogP contribution in [-0.4, -0.2) is 21.5 Å². The molecule has 0 saturated heterocycles. The van der Waals surface area contributed by atoms with E-state index in [2.05, 4.69) is 20.3 Å². The van der Waals surface area contributed by atoms with E-state index in [1.165, 1.54) is 0 Å². The first-order valence-corrected chi connectivity index (χ1v) is 6.56. The Hall–Kier alpha value is -1.47. The van der Waals surface area contributed by atoms with Gasteiger partial charge in [0.1, 0.15) is 11.6 Å². The largest absolute Gasteiger partial charge is 0.354 e. The van der Waals surface area contributed by atoms with E-state index < -0.39 is 11.6 Å². The van der Waals surface area contributed by atoms with Crippen LogP contribution in [0.15, 0.2) is 28.3 Å². The third-order valence-electron chi connectivity index (χ3n) is 2.02. The molecular formula is C11H9ClF2N4S.